The number of hydrogen-bond donors (Lipinski definition) is 1. The van der Waals surface area contributed by atoms with Crippen LogP contribution < -0.4 is 5.32 Å². The Morgan fingerprint density at radius 2 is 1.56 bits per heavy atom. The minimum absolute atomic E-state index is 0.00745. The number of likely N-dealkylation sites (N-methyl/N-ethyl adjacent to an activating group) is 1. The molecular weight excluding hydrogens is 605 g/mol. The molecule has 2 amide bonds. The summed E-state index contributed by atoms with van der Waals surface area (Å²) in [5.41, 5.74) is 1.52. The first-order chi connectivity index (χ1) is 19.5. The van der Waals surface area contributed by atoms with Gasteiger partial charge in [-0.3, -0.25) is 9.59 Å². The first-order valence-corrected chi connectivity index (χ1v) is 15.9. The smallest absolute Gasteiger partial charge is 0.243 e. The maximum Gasteiger partial charge on any atom is 0.243 e. The highest BCUT2D eigenvalue weighted by Gasteiger charge is 2.34. The molecule has 0 bridgehead atoms. The minimum atomic E-state index is -4.00. The number of nitrogens with one attached hydrogen (secondary N) is 1. The van der Waals surface area contributed by atoms with E-state index >= 15 is 0 Å². The van der Waals surface area contributed by atoms with Crippen LogP contribution in [0, 0.1) is 0 Å². The fraction of sp³-hybridized carbons (Fsp3) is 0.333. The summed E-state index contributed by atoms with van der Waals surface area (Å²) in [6.45, 7) is -0.450. The highest BCUT2D eigenvalue weighted by molar-refractivity contribution is 7.89. The van der Waals surface area contributed by atoms with E-state index in [9.17, 15) is 18.0 Å². The van der Waals surface area contributed by atoms with E-state index in [-0.39, 0.29) is 29.8 Å². The topological polar surface area (TPSA) is 86.8 Å². The number of halogens is 3. The van der Waals surface area contributed by atoms with Crippen molar-refractivity contribution in [1.82, 2.24) is 14.5 Å². The van der Waals surface area contributed by atoms with Gasteiger partial charge in [0.25, 0.3) is 0 Å². The predicted octanol–water partition coefficient (Wildman–Crippen LogP) is 5.97. The number of carbonyl (C=O) groups is 2. The summed E-state index contributed by atoms with van der Waals surface area (Å²) >= 11 is 18.3. The Morgan fingerprint density at radius 1 is 0.902 bits per heavy atom. The summed E-state index contributed by atoms with van der Waals surface area (Å²) < 4.78 is 27.5. The molecule has 0 spiro atoms. The van der Waals surface area contributed by atoms with Gasteiger partial charge in [0.05, 0.1) is 21.5 Å². The SMILES string of the molecule is CN(CC(=O)N(Cc1ccc(Cl)c(Cl)c1)[C@@H](Cc1ccccc1)C(=O)NC1CCCC1)S(=O)(=O)c1ccc(Cl)cc1. The second kappa shape index (κ2) is 14.0. The monoisotopic (exact) mass is 635 g/mol. The first-order valence-electron chi connectivity index (χ1n) is 13.3. The van der Waals surface area contributed by atoms with E-state index in [1.54, 1.807) is 18.2 Å². The van der Waals surface area contributed by atoms with E-state index < -0.39 is 28.5 Å². The second-order valence-electron chi connectivity index (χ2n) is 10.2. The van der Waals surface area contributed by atoms with E-state index in [0.717, 1.165) is 35.6 Å². The number of carbonyl (C=O) groups excluding carboxylic acids is 2. The third-order valence-electron chi connectivity index (χ3n) is 7.19. The lowest BCUT2D eigenvalue weighted by atomic mass is 10.0. The van der Waals surface area contributed by atoms with Crippen molar-refractivity contribution in [2.45, 2.75) is 55.6 Å². The van der Waals surface area contributed by atoms with E-state index in [1.165, 1.54) is 36.2 Å². The van der Waals surface area contributed by atoms with Gasteiger partial charge in [-0.2, -0.15) is 4.31 Å². The van der Waals surface area contributed by atoms with Gasteiger partial charge in [-0.15, -0.1) is 0 Å². The predicted molar refractivity (Wildman–Crippen MR) is 163 cm³/mol. The van der Waals surface area contributed by atoms with E-state index in [1.807, 2.05) is 30.3 Å². The van der Waals surface area contributed by atoms with Crippen molar-refractivity contribution >= 4 is 56.6 Å². The van der Waals surface area contributed by atoms with Crippen LogP contribution in [0.2, 0.25) is 15.1 Å². The summed E-state index contributed by atoms with van der Waals surface area (Å²) in [7, 11) is -2.67. The molecular formula is C30H32Cl3N3O4S. The van der Waals surface area contributed by atoms with E-state index in [4.69, 9.17) is 34.8 Å². The van der Waals surface area contributed by atoms with Crippen molar-refractivity contribution in [2.75, 3.05) is 13.6 Å². The molecule has 0 radical (unpaired) electrons. The van der Waals surface area contributed by atoms with Crippen molar-refractivity contribution in [3.8, 4) is 0 Å². The Hall–Kier alpha value is -2.62. The van der Waals surface area contributed by atoms with Gasteiger partial charge in [-0.05, 0) is 60.4 Å². The average Bonchev–Trinajstić information content (AvgIpc) is 3.46. The van der Waals surface area contributed by atoms with Gasteiger partial charge in [-0.1, -0.05) is 84.0 Å². The van der Waals surface area contributed by atoms with Gasteiger partial charge in [0.1, 0.15) is 6.04 Å². The quantitative estimate of drug-likeness (QED) is 0.281. The van der Waals surface area contributed by atoms with Crippen molar-refractivity contribution in [3.63, 3.8) is 0 Å². The fourth-order valence-electron chi connectivity index (χ4n) is 4.91. The molecule has 41 heavy (non-hydrogen) atoms. The first kappa shape index (κ1) is 31.3. The highest BCUT2D eigenvalue weighted by atomic mass is 35.5. The lowest BCUT2D eigenvalue weighted by molar-refractivity contribution is -0.141. The van der Waals surface area contributed by atoms with Crippen molar-refractivity contribution in [1.29, 1.82) is 0 Å². The van der Waals surface area contributed by atoms with Crippen LogP contribution in [0.25, 0.3) is 0 Å². The lowest BCUT2D eigenvalue weighted by Crippen LogP contribution is -2.54. The number of rotatable bonds is 11. The molecule has 11 heteroatoms. The maximum atomic E-state index is 14.0. The molecule has 0 saturated heterocycles. The van der Waals surface area contributed by atoms with Gasteiger partial charge in [0.2, 0.25) is 21.8 Å². The number of amides is 2. The molecule has 1 fully saturated rings. The van der Waals surface area contributed by atoms with Gasteiger partial charge in [0, 0.05) is 31.1 Å². The highest BCUT2D eigenvalue weighted by Crippen LogP contribution is 2.25. The van der Waals surface area contributed by atoms with Crippen LogP contribution in [0.3, 0.4) is 0 Å². The van der Waals surface area contributed by atoms with Crippen molar-refractivity contribution in [3.05, 3.63) is 99.0 Å². The van der Waals surface area contributed by atoms with Crippen LogP contribution in [-0.2, 0) is 32.6 Å². The standard InChI is InChI=1S/C30H32Cl3N3O4S/c1-35(41(39,40)25-14-12-23(31)13-15-25)20-29(37)36(19-22-11-16-26(32)27(33)17-22)28(18-21-7-3-2-4-8-21)30(38)34-24-9-5-6-10-24/h2-4,7-8,11-17,24,28H,5-6,9-10,18-20H2,1H3,(H,34,38)/t28-/m0/s1. The summed E-state index contributed by atoms with van der Waals surface area (Å²) in [5.74, 6) is -0.809. The normalized spacial score (nSPS) is 14.7. The minimum Gasteiger partial charge on any atom is -0.352 e. The zero-order chi connectivity index (χ0) is 29.6. The third-order valence-corrected chi connectivity index (χ3v) is 10.00. The van der Waals surface area contributed by atoms with Crippen molar-refractivity contribution in [2.24, 2.45) is 0 Å². The summed E-state index contributed by atoms with van der Waals surface area (Å²) in [6, 6.07) is 19.3. The Kier molecular flexibility index (Phi) is 10.7. The summed E-state index contributed by atoms with van der Waals surface area (Å²) in [6.07, 6.45) is 4.08. The second-order valence-corrected chi connectivity index (χ2v) is 13.5. The maximum absolute atomic E-state index is 14.0. The summed E-state index contributed by atoms with van der Waals surface area (Å²) in [4.78, 5) is 29.2. The van der Waals surface area contributed by atoms with Crippen LogP contribution in [0.1, 0.15) is 36.8 Å². The number of benzene rings is 3. The van der Waals surface area contributed by atoms with E-state index in [0.29, 0.717) is 20.6 Å². The zero-order valence-corrected chi connectivity index (χ0v) is 25.7. The van der Waals surface area contributed by atoms with E-state index in [2.05, 4.69) is 5.32 Å². The average molecular weight is 637 g/mol. The Balaban J connectivity index is 1.67. The molecule has 4 rings (SSSR count). The molecule has 1 N–H and O–H groups in total. The lowest BCUT2D eigenvalue weighted by Gasteiger charge is -2.33. The number of sulfonamides is 1. The molecule has 218 valence electrons. The largest absolute Gasteiger partial charge is 0.352 e. The van der Waals surface area contributed by atoms with Crippen LogP contribution in [0.5, 0.6) is 0 Å². The van der Waals surface area contributed by atoms with Gasteiger partial charge < -0.3 is 10.2 Å². The molecule has 1 aliphatic carbocycles. The Bertz CT molecular complexity index is 1460. The molecule has 3 aromatic carbocycles. The van der Waals surface area contributed by atoms with Crippen LogP contribution >= 0.6 is 34.8 Å². The van der Waals surface area contributed by atoms with Gasteiger partial charge in [-0.25, -0.2) is 8.42 Å². The molecule has 1 aliphatic rings. The van der Waals surface area contributed by atoms with Gasteiger partial charge in [0.15, 0.2) is 0 Å². The molecule has 0 unspecified atom stereocenters. The molecule has 1 atom stereocenters. The van der Waals surface area contributed by atoms with Gasteiger partial charge >= 0.3 is 0 Å². The van der Waals surface area contributed by atoms with Crippen LogP contribution in [0.15, 0.2) is 77.7 Å². The van der Waals surface area contributed by atoms with Crippen molar-refractivity contribution < 1.29 is 18.0 Å². The Labute approximate surface area is 256 Å². The molecule has 0 heterocycles. The van der Waals surface area contributed by atoms with Crippen LogP contribution in [-0.4, -0.2) is 55.1 Å². The Morgan fingerprint density at radius 3 is 2.20 bits per heavy atom. The van der Waals surface area contributed by atoms with Crippen LogP contribution in [0.4, 0.5) is 0 Å². The zero-order valence-electron chi connectivity index (χ0n) is 22.6. The number of hydrogen-bond acceptors (Lipinski definition) is 4. The number of nitrogens with zero attached hydrogens (tertiary/aromatic N) is 2. The molecule has 0 aromatic heterocycles. The fourth-order valence-corrected chi connectivity index (χ4v) is 6.48. The molecule has 0 aliphatic heterocycles. The molecule has 1 saturated carbocycles. The summed E-state index contributed by atoms with van der Waals surface area (Å²) in [5, 5.41) is 4.20. The molecule has 3 aromatic rings. The molecule has 7 nitrogen and oxygen atoms in total. The third kappa shape index (κ3) is 8.23.